The summed E-state index contributed by atoms with van der Waals surface area (Å²) in [6.07, 6.45) is 4.77. The maximum absolute atomic E-state index is 14.7. The summed E-state index contributed by atoms with van der Waals surface area (Å²) < 4.78 is 14.7. The summed E-state index contributed by atoms with van der Waals surface area (Å²) in [6.45, 7) is 0. The molecule has 33 heavy (non-hydrogen) atoms. The molecule has 168 valence electrons. The number of rotatable bonds is 4. The molecule has 0 radical (unpaired) electrons. The minimum atomic E-state index is -0.626. The molecule has 2 aliphatic rings. The fourth-order valence-corrected chi connectivity index (χ4v) is 4.95. The van der Waals surface area contributed by atoms with E-state index in [0.717, 1.165) is 0 Å². The molecule has 0 bridgehead atoms. The molecule has 1 amide bonds. The van der Waals surface area contributed by atoms with Crippen molar-refractivity contribution in [2.45, 2.75) is 31.3 Å². The number of hydrogen-bond donors (Lipinski definition) is 2. The van der Waals surface area contributed by atoms with Gasteiger partial charge in [-0.2, -0.15) is 0 Å². The molecule has 5 rings (SSSR count). The lowest BCUT2D eigenvalue weighted by molar-refractivity contribution is -0.384. The van der Waals surface area contributed by atoms with E-state index in [1.54, 1.807) is 29.3 Å². The van der Waals surface area contributed by atoms with Gasteiger partial charge in [0.25, 0.3) is 5.69 Å². The van der Waals surface area contributed by atoms with Gasteiger partial charge in [0.1, 0.15) is 5.82 Å². The predicted molar refractivity (Wildman–Crippen MR) is 122 cm³/mol. The number of fused-ring (bicyclic) bond motifs is 1. The fraction of sp³-hybridized carbons (Fsp3) is 0.217. The third-order valence-corrected chi connectivity index (χ3v) is 6.55. The van der Waals surface area contributed by atoms with E-state index in [0.29, 0.717) is 41.9 Å². The Balaban J connectivity index is 1.45. The number of nitro benzene ring substituents is 1. The van der Waals surface area contributed by atoms with Crippen LogP contribution < -0.4 is 5.73 Å². The molecule has 0 spiro atoms. The number of nitrogens with zero attached hydrogens (tertiary/aromatic N) is 3. The second kappa shape index (κ2) is 8.00. The van der Waals surface area contributed by atoms with Gasteiger partial charge in [-0.25, -0.2) is 9.37 Å². The van der Waals surface area contributed by atoms with Crippen LogP contribution in [0.3, 0.4) is 0 Å². The van der Waals surface area contributed by atoms with Crippen molar-refractivity contribution in [3.8, 4) is 11.3 Å². The highest BCUT2D eigenvalue weighted by Gasteiger charge is 2.42. The molecule has 2 aliphatic heterocycles. The first kappa shape index (κ1) is 21.1. The number of amides is 1. The van der Waals surface area contributed by atoms with Crippen LogP contribution in [0.1, 0.15) is 36.7 Å². The Hall–Kier alpha value is -3.72. The lowest BCUT2D eigenvalue weighted by Crippen LogP contribution is -2.39. The molecule has 8 nitrogen and oxygen atoms in total. The van der Waals surface area contributed by atoms with Gasteiger partial charge in [0.05, 0.1) is 33.4 Å². The second-order valence-corrected chi connectivity index (χ2v) is 8.56. The topological polar surface area (TPSA) is 118 Å². The average molecular weight is 468 g/mol. The normalized spacial score (nSPS) is 20.0. The Bertz CT molecular complexity index is 1320. The Morgan fingerprint density at radius 1 is 1.24 bits per heavy atom. The number of aromatic amines is 1. The Morgan fingerprint density at radius 3 is 2.82 bits per heavy atom. The number of para-hydroxylation sites is 1. The summed E-state index contributed by atoms with van der Waals surface area (Å²) >= 11 is 5.93. The second-order valence-electron chi connectivity index (χ2n) is 8.15. The molecular weight excluding hydrogens is 449 g/mol. The number of halogens is 2. The summed E-state index contributed by atoms with van der Waals surface area (Å²) in [5.74, 6) is -0.325. The zero-order valence-electron chi connectivity index (χ0n) is 17.3. The van der Waals surface area contributed by atoms with E-state index in [2.05, 4.69) is 9.97 Å². The van der Waals surface area contributed by atoms with E-state index in [1.807, 2.05) is 0 Å². The lowest BCUT2D eigenvalue weighted by atomic mass is 9.92. The Labute approximate surface area is 193 Å². The molecule has 1 aromatic heterocycles. The van der Waals surface area contributed by atoms with E-state index in [4.69, 9.17) is 17.3 Å². The zero-order valence-corrected chi connectivity index (χ0v) is 18.1. The minimum absolute atomic E-state index is 0.0280. The molecule has 2 aromatic carbocycles. The zero-order chi connectivity index (χ0) is 23.3. The smallest absolute Gasteiger partial charge is 0.278 e. The Kier molecular flexibility index (Phi) is 5.13. The highest BCUT2D eigenvalue weighted by atomic mass is 35.5. The van der Waals surface area contributed by atoms with Crippen molar-refractivity contribution in [1.82, 2.24) is 14.9 Å². The number of benzene rings is 2. The van der Waals surface area contributed by atoms with E-state index >= 15 is 0 Å². The third kappa shape index (κ3) is 3.54. The van der Waals surface area contributed by atoms with Gasteiger partial charge >= 0.3 is 0 Å². The Morgan fingerprint density at radius 2 is 2.03 bits per heavy atom. The van der Waals surface area contributed by atoms with E-state index in [-0.39, 0.29) is 40.0 Å². The number of anilines is 1. The standard InChI is InChI=1S/C23H19ClFN5O3/c24-15-6-7-16(26)21(22(15)25)12-9-13-5-8-19(29(13)20(31)10-12)23-27-11-17(28-23)14-3-1-2-4-18(14)30(32)33/h1-4,6-7,10-11,13,19H,5,8-9,26H2,(H,27,28)/t13?,19-/m0/s1. The summed E-state index contributed by atoms with van der Waals surface area (Å²) in [6, 6.07) is 8.88. The lowest BCUT2D eigenvalue weighted by Gasteiger charge is -2.33. The summed E-state index contributed by atoms with van der Waals surface area (Å²) in [5, 5.41) is 11.3. The van der Waals surface area contributed by atoms with Crippen molar-refractivity contribution >= 4 is 34.5 Å². The van der Waals surface area contributed by atoms with Crippen molar-refractivity contribution in [1.29, 1.82) is 0 Å². The number of hydrogen-bond acceptors (Lipinski definition) is 5. The van der Waals surface area contributed by atoms with Crippen LogP contribution in [0.2, 0.25) is 5.02 Å². The number of nitrogens with one attached hydrogen (secondary N) is 1. The number of nitro groups is 1. The van der Waals surface area contributed by atoms with Gasteiger partial charge in [-0.1, -0.05) is 23.7 Å². The van der Waals surface area contributed by atoms with Gasteiger partial charge in [-0.05, 0) is 43.0 Å². The minimum Gasteiger partial charge on any atom is -0.398 e. The summed E-state index contributed by atoms with van der Waals surface area (Å²) in [7, 11) is 0. The molecule has 3 aromatic rings. The van der Waals surface area contributed by atoms with Gasteiger partial charge in [-0.3, -0.25) is 14.9 Å². The van der Waals surface area contributed by atoms with Gasteiger partial charge in [0.2, 0.25) is 5.91 Å². The van der Waals surface area contributed by atoms with E-state index in [1.165, 1.54) is 24.3 Å². The first-order valence-corrected chi connectivity index (χ1v) is 10.8. The predicted octanol–water partition coefficient (Wildman–Crippen LogP) is 4.88. The molecular formula is C23H19ClFN5O3. The van der Waals surface area contributed by atoms with Crippen LogP contribution in [0.15, 0.2) is 48.7 Å². The maximum Gasteiger partial charge on any atom is 0.278 e. The number of nitrogens with two attached hydrogens (primary N) is 1. The number of aromatic nitrogens is 2. The van der Waals surface area contributed by atoms with Crippen molar-refractivity contribution in [3.05, 3.63) is 81.0 Å². The van der Waals surface area contributed by atoms with Gasteiger partial charge in [0.15, 0.2) is 5.82 Å². The van der Waals surface area contributed by atoms with Crippen molar-refractivity contribution in [2.75, 3.05) is 5.73 Å². The molecule has 0 aliphatic carbocycles. The molecule has 3 heterocycles. The van der Waals surface area contributed by atoms with Crippen molar-refractivity contribution in [2.24, 2.45) is 0 Å². The molecule has 0 saturated carbocycles. The first-order chi connectivity index (χ1) is 15.8. The fourth-order valence-electron chi connectivity index (χ4n) is 4.79. The van der Waals surface area contributed by atoms with Crippen molar-refractivity contribution < 1.29 is 14.1 Å². The van der Waals surface area contributed by atoms with Gasteiger partial charge in [-0.15, -0.1) is 0 Å². The average Bonchev–Trinajstić information content (AvgIpc) is 3.44. The van der Waals surface area contributed by atoms with E-state index in [9.17, 15) is 19.3 Å². The van der Waals surface area contributed by atoms with Crippen LogP contribution in [0.4, 0.5) is 15.8 Å². The van der Waals surface area contributed by atoms with E-state index < -0.39 is 10.7 Å². The summed E-state index contributed by atoms with van der Waals surface area (Å²) in [5.41, 5.74) is 7.83. The number of nitrogen functional groups attached to an aromatic ring is 1. The van der Waals surface area contributed by atoms with Crippen LogP contribution in [0, 0.1) is 15.9 Å². The third-order valence-electron chi connectivity index (χ3n) is 6.26. The van der Waals surface area contributed by atoms with Crippen LogP contribution in [0.25, 0.3) is 16.8 Å². The van der Waals surface area contributed by atoms with Crippen LogP contribution >= 0.6 is 11.6 Å². The molecule has 2 atom stereocenters. The van der Waals surface area contributed by atoms with Crippen LogP contribution in [-0.4, -0.2) is 31.7 Å². The van der Waals surface area contributed by atoms with Gasteiger partial charge < -0.3 is 15.6 Å². The maximum atomic E-state index is 14.7. The number of imidazole rings is 1. The number of carbonyl (C=O) groups is 1. The molecule has 3 N–H and O–H groups in total. The molecule has 1 saturated heterocycles. The van der Waals surface area contributed by atoms with Gasteiger partial charge in [0, 0.05) is 29.4 Å². The molecule has 10 heteroatoms. The largest absolute Gasteiger partial charge is 0.398 e. The molecule has 1 unspecified atom stereocenters. The van der Waals surface area contributed by atoms with Crippen molar-refractivity contribution in [3.63, 3.8) is 0 Å². The highest BCUT2D eigenvalue weighted by molar-refractivity contribution is 6.31. The molecule has 1 fully saturated rings. The highest BCUT2D eigenvalue weighted by Crippen LogP contribution is 2.44. The number of H-pyrrole nitrogens is 1. The van der Waals surface area contributed by atoms with Crippen LogP contribution in [-0.2, 0) is 4.79 Å². The number of carbonyl (C=O) groups excluding carboxylic acids is 1. The van der Waals surface area contributed by atoms with Crippen LogP contribution in [0.5, 0.6) is 0 Å². The first-order valence-electron chi connectivity index (χ1n) is 10.4. The SMILES string of the molecule is Nc1ccc(Cl)c(F)c1C1=CC(=O)N2C(CC[C@H]2c2ncc(-c3ccccc3[N+](=O)[O-])[nH]2)C1. The quantitative estimate of drug-likeness (QED) is 0.322. The monoisotopic (exact) mass is 467 g/mol. The summed E-state index contributed by atoms with van der Waals surface area (Å²) in [4.78, 5) is 33.4.